The molecule has 0 fully saturated rings. The fourth-order valence-electron chi connectivity index (χ4n) is 4.16. The van der Waals surface area contributed by atoms with Gasteiger partial charge in [0, 0.05) is 12.7 Å². The van der Waals surface area contributed by atoms with Gasteiger partial charge in [-0.05, 0) is 28.8 Å². The standard InChI is InChI=1S/C27H23N3/c1-4-12-21(13-5-1)20-30-26(23-16-8-3-9-17-23)25(22-14-6-2-7-15-22)29-27(30)24-18-10-11-19-28-24/h1-19,25-26H,20H2/t25-,26+/m0/s1. The number of pyridine rings is 1. The number of aliphatic imine (C=N–C) groups is 1. The molecule has 3 aromatic carbocycles. The third kappa shape index (κ3) is 3.62. The zero-order valence-corrected chi connectivity index (χ0v) is 16.7. The van der Waals surface area contributed by atoms with Gasteiger partial charge in [0.15, 0.2) is 5.84 Å². The average molecular weight is 390 g/mol. The van der Waals surface area contributed by atoms with Crippen LogP contribution in [0.5, 0.6) is 0 Å². The molecule has 0 unspecified atom stereocenters. The van der Waals surface area contributed by atoms with Gasteiger partial charge in [-0.25, -0.2) is 0 Å². The van der Waals surface area contributed by atoms with E-state index < -0.39 is 0 Å². The van der Waals surface area contributed by atoms with Crippen molar-refractivity contribution in [2.45, 2.75) is 18.6 Å². The van der Waals surface area contributed by atoms with Crippen molar-refractivity contribution >= 4 is 5.84 Å². The van der Waals surface area contributed by atoms with Crippen LogP contribution in [0.3, 0.4) is 0 Å². The van der Waals surface area contributed by atoms with Crippen LogP contribution in [0.4, 0.5) is 0 Å². The average Bonchev–Trinajstić information content (AvgIpc) is 3.20. The van der Waals surface area contributed by atoms with Gasteiger partial charge < -0.3 is 4.90 Å². The highest BCUT2D eigenvalue weighted by Crippen LogP contribution is 2.43. The number of aromatic nitrogens is 1. The summed E-state index contributed by atoms with van der Waals surface area (Å²) in [4.78, 5) is 12.3. The topological polar surface area (TPSA) is 28.5 Å². The van der Waals surface area contributed by atoms with Crippen molar-refractivity contribution in [3.8, 4) is 0 Å². The molecule has 4 aromatic rings. The second-order valence-corrected chi connectivity index (χ2v) is 7.49. The number of hydrogen-bond donors (Lipinski definition) is 0. The number of amidine groups is 1. The molecule has 1 aliphatic heterocycles. The highest BCUT2D eigenvalue weighted by atomic mass is 15.3. The summed E-state index contributed by atoms with van der Waals surface area (Å²) >= 11 is 0. The number of benzene rings is 3. The lowest BCUT2D eigenvalue weighted by Gasteiger charge is -2.31. The minimum Gasteiger partial charge on any atom is -0.341 e. The van der Waals surface area contributed by atoms with E-state index in [1.165, 1.54) is 16.7 Å². The fraction of sp³-hybridized carbons (Fsp3) is 0.111. The molecule has 0 bridgehead atoms. The first-order chi connectivity index (χ1) is 14.9. The fourth-order valence-corrected chi connectivity index (χ4v) is 4.16. The Morgan fingerprint density at radius 2 is 1.23 bits per heavy atom. The lowest BCUT2D eigenvalue weighted by atomic mass is 9.93. The van der Waals surface area contributed by atoms with Crippen molar-refractivity contribution in [3.63, 3.8) is 0 Å². The molecule has 0 saturated heterocycles. The van der Waals surface area contributed by atoms with Crippen LogP contribution in [0.15, 0.2) is 120 Å². The molecule has 3 nitrogen and oxygen atoms in total. The van der Waals surface area contributed by atoms with Gasteiger partial charge in [0.05, 0.1) is 6.04 Å². The molecule has 0 amide bonds. The van der Waals surface area contributed by atoms with Crippen molar-refractivity contribution in [1.29, 1.82) is 0 Å². The predicted octanol–water partition coefficient (Wildman–Crippen LogP) is 5.83. The number of nitrogens with zero attached hydrogens (tertiary/aromatic N) is 3. The summed E-state index contributed by atoms with van der Waals surface area (Å²) in [5.41, 5.74) is 4.65. The molecule has 0 radical (unpaired) electrons. The largest absolute Gasteiger partial charge is 0.341 e. The van der Waals surface area contributed by atoms with Crippen LogP contribution in [0.2, 0.25) is 0 Å². The smallest absolute Gasteiger partial charge is 0.151 e. The number of hydrogen-bond acceptors (Lipinski definition) is 3. The van der Waals surface area contributed by atoms with Gasteiger partial charge in [-0.1, -0.05) is 97.1 Å². The SMILES string of the molecule is c1ccc(CN2C(c3ccccn3)=N[C@@H](c3ccccc3)[C@H]2c2ccccc2)cc1. The van der Waals surface area contributed by atoms with Gasteiger partial charge in [0.25, 0.3) is 0 Å². The molecule has 0 N–H and O–H groups in total. The van der Waals surface area contributed by atoms with Crippen molar-refractivity contribution in [3.05, 3.63) is 138 Å². The first-order valence-corrected chi connectivity index (χ1v) is 10.3. The quantitative estimate of drug-likeness (QED) is 0.430. The molecule has 2 heterocycles. The van der Waals surface area contributed by atoms with Gasteiger partial charge in [0.2, 0.25) is 0 Å². The van der Waals surface area contributed by atoms with E-state index in [1.807, 2.05) is 24.4 Å². The molecule has 1 aromatic heterocycles. The molecule has 2 atom stereocenters. The van der Waals surface area contributed by atoms with Gasteiger partial charge in [-0.15, -0.1) is 0 Å². The van der Waals surface area contributed by atoms with Crippen LogP contribution < -0.4 is 0 Å². The van der Waals surface area contributed by atoms with E-state index in [9.17, 15) is 0 Å². The van der Waals surface area contributed by atoms with E-state index in [-0.39, 0.29) is 12.1 Å². The molecular formula is C27H23N3. The summed E-state index contributed by atoms with van der Waals surface area (Å²) in [6.45, 7) is 0.777. The Bertz CT molecular complexity index is 1110. The van der Waals surface area contributed by atoms with Crippen molar-refractivity contribution < 1.29 is 0 Å². The zero-order valence-electron chi connectivity index (χ0n) is 16.7. The van der Waals surface area contributed by atoms with Crippen LogP contribution in [0.25, 0.3) is 0 Å². The van der Waals surface area contributed by atoms with E-state index in [2.05, 4.69) is 101 Å². The lowest BCUT2D eigenvalue weighted by molar-refractivity contribution is 0.304. The zero-order chi connectivity index (χ0) is 20.2. The van der Waals surface area contributed by atoms with Crippen LogP contribution >= 0.6 is 0 Å². The minimum atomic E-state index is 0.00863. The third-order valence-electron chi connectivity index (χ3n) is 5.54. The van der Waals surface area contributed by atoms with Crippen molar-refractivity contribution in [2.24, 2.45) is 4.99 Å². The Labute approximate surface area is 177 Å². The van der Waals surface area contributed by atoms with E-state index in [4.69, 9.17) is 4.99 Å². The van der Waals surface area contributed by atoms with Gasteiger partial charge in [-0.2, -0.15) is 0 Å². The van der Waals surface area contributed by atoms with Gasteiger partial charge in [-0.3, -0.25) is 9.98 Å². The summed E-state index contributed by atoms with van der Waals surface area (Å²) in [5, 5.41) is 0. The summed E-state index contributed by atoms with van der Waals surface area (Å²) in [7, 11) is 0. The molecule has 3 heteroatoms. The normalized spacial score (nSPS) is 18.3. The van der Waals surface area contributed by atoms with E-state index in [0.29, 0.717) is 0 Å². The highest BCUT2D eigenvalue weighted by Gasteiger charge is 2.38. The summed E-state index contributed by atoms with van der Waals surface area (Å²) in [6, 6.07) is 38.0. The Hall–Kier alpha value is -3.72. The van der Waals surface area contributed by atoms with Crippen molar-refractivity contribution in [1.82, 2.24) is 9.88 Å². The van der Waals surface area contributed by atoms with Crippen LogP contribution in [-0.4, -0.2) is 15.7 Å². The second-order valence-electron chi connectivity index (χ2n) is 7.49. The first kappa shape index (κ1) is 18.3. The summed E-state index contributed by atoms with van der Waals surface area (Å²) in [6.07, 6.45) is 1.84. The molecule has 5 rings (SSSR count). The Kier molecular flexibility index (Phi) is 5.09. The van der Waals surface area contributed by atoms with Crippen LogP contribution in [0.1, 0.15) is 34.5 Å². The third-order valence-corrected chi connectivity index (χ3v) is 5.54. The molecule has 1 aliphatic rings. The van der Waals surface area contributed by atoms with Gasteiger partial charge in [0.1, 0.15) is 11.7 Å². The molecule has 0 spiro atoms. The molecule has 30 heavy (non-hydrogen) atoms. The lowest BCUT2D eigenvalue weighted by Crippen LogP contribution is -2.32. The van der Waals surface area contributed by atoms with Crippen LogP contribution in [0, 0.1) is 0 Å². The minimum absolute atomic E-state index is 0.00863. The predicted molar refractivity (Wildman–Crippen MR) is 121 cm³/mol. The highest BCUT2D eigenvalue weighted by molar-refractivity contribution is 5.98. The van der Waals surface area contributed by atoms with Crippen molar-refractivity contribution in [2.75, 3.05) is 0 Å². The van der Waals surface area contributed by atoms with E-state index in [0.717, 1.165) is 18.1 Å². The Morgan fingerprint density at radius 1 is 0.633 bits per heavy atom. The number of rotatable bonds is 5. The van der Waals surface area contributed by atoms with Crippen LogP contribution in [-0.2, 0) is 6.54 Å². The maximum Gasteiger partial charge on any atom is 0.151 e. The Morgan fingerprint density at radius 3 is 1.87 bits per heavy atom. The van der Waals surface area contributed by atoms with E-state index >= 15 is 0 Å². The molecule has 0 aliphatic carbocycles. The van der Waals surface area contributed by atoms with E-state index in [1.54, 1.807) is 0 Å². The van der Waals surface area contributed by atoms with Gasteiger partial charge >= 0.3 is 0 Å². The second kappa shape index (κ2) is 8.34. The maximum atomic E-state index is 5.24. The first-order valence-electron chi connectivity index (χ1n) is 10.3. The molecule has 146 valence electrons. The molecular weight excluding hydrogens is 366 g/mol. The monoisotopic (exact) mass is 389 g/mol. The summed E-state index contributed by atoms with van der Waals surface area (Å²) < 4.78 is 0. The maximum absolute atomic E-state index is 5.24. The molecule has 0 saturated carbocycles. The summed E-state index contributed by atoms with van der Waals surface area (Å²) in [5.74, 6) is 0.946. The Balaban J connectivity index is 1.65.